The second kappa shape index (κ2) is 12.4. The van der Waals surface area contributed by atoms with Crippen LogP contribution in [0.3, 0.4) is 0 Å². The van der Waals surface area contributed by atoms with E-state index in [0.29, 0.717) is 54.6 Å². The minimum atomic E-state index is -0.371. The van der Waals surface area contributed by atoms with E-state index in [9.17, 15) is 9.59 Å². The molecule has 0 aliphatic carbocycles. The van der Waals surface area contributed by atoms with E-state index < -0.39 is 0 Å². The predicted octanol–water partition coefficient (Wildman–Crippen LogP) is 1.80. The molecule has 0 atom stereocenters. The maximum absolute atomic E-state index is 13.4. The number of amides is 2. The van der Waals surface area contributed by atoms with Crippen molar-refractivity contribution in [2.75, 3.05) is 67.9 Å². The Morgan fingerprint density at radius 2 is 1.50 bits per heavy atom. The molecule has 1 aliphatic rings. The van der Waals surface area contributed by atoms with Crippen molar-refractivity contribution in [3.63, 3.8) is 0 Å². The van der Waals surface area contributed by atoms with Gasteiger partial charge in [0.15, 0.2) is 11.5 Å². The molecule has 0 saturated carbocycles. The zero-order valence-electron chi connectivity index (χ0n) is 19.8. The van der Waals surface area contributed by atoms with Crippen molar-refractivity contribution in [2.24, 2.45) is 0 Å². The fraction of sp³-hybridized carbons (Fsp3) is 0.565. The Morgan fingerprint density at radius 1 is 0.875 bits per heavy atom. The molecule has 0 saturated heterocycles. The lowest BCUT2D eigenvalue weighted by Crippen LogP contribution is -2.39. The van der Waals surface area contributed by atoms with Gasteiger partial charge in [0.2, 0.25) is 0 Å². The quantitative estimate of drug-likeness (QED) is 0.397. The number of benzene rings is 1. The zero-order valence-corrected chi connectivity index (χ0v) is 19.8. The Labute approximate surface area is 189 Å². The Hall–Kier alpha value is -2.62. The first-order valence-electron chi connectivity index (χ1n) is 10.6. The van der Waals surface area contributed by atoms with Gasteiger partial charge in [-0.05, 0) is 31.5 Å². The fourth-order valence-corrected chi connectivity index (χ4v) is 3.43. The van der Waals surface area contributed by atoms with E-state index in [1.54, 1.807) is 39.5 Å². The highest BCUT2D eigenvalue weighted by molar-refractivity contribution is 6.35. The molecule has 2 rings (SSSR count). The number of imide groups is 1. The monoisotopic (exact) mass is 450 g/mol. The van der Waals surface area contributed by atoms with Crippen LogP contribution in [0.15, 0.2) is 23.9 Å². The molecule has 0 unspecified atom stereocenters. The van der Waals surface area contributed by atoms with Crippen LogP contribution in [0.25, 0.3) is 5.57 Å². The van der Waals surface area contributed by atoms with Gasteiger partial charge in [-0.1, -0.05) is 6.07 Å². The summed E-state index contributed by atoms with van der Waals surface area (Å²) in [5, 5.41) is 0. The number of carbonyl (C=O) groups is 2. The van der Waals surface area contributed by atoms with Crippen molar-refractivity contribution in [2.45, 2.75) is 20.0 Å². The summed E-state index contributed by atoms with van der Waals surface area (Å²) < 4.78 is 26.8. The van der Waals surface area contributed by atoms with Crippen LogP contribution < -0.4 is 9.47 Å². The lowest BCUT2D eigenvalue weighted by atomic mass is 10.0. The van der Waals surface area contributed by atoms with E-state index in [1.165, 1.54) is 12.0 Å². The summed E-state index contributed by atoms with van der Waals surface area (Å²) >= 11 is 0. The van der Waals surface area contributed by atoms with Crippen LogP contribution in [0.1, 0.15) is 19.4 Å². The number of nitrogens with zero attached hydrogens (tertiary/aromatic N) is 2. The van der Waals surface area contributed by atoms with E-state index in [-0.39, 0.29) is 31.1 Å². The molecule has 0 fully saturated rings. The second-order valence-electron chi connectivity index (χ2n) is 7.45. The van der Waals surface area contributed by atoms with Crippen LogP contribution in [0.4, 0.5) is 0 Å². The van der Waals surface area contributed by atoms with Gasteiger partial charge in [0.1, 0.15) is 5.70 Å². The molecule has 32 heavy (non-hydrogen) atoms. The number of hydrogen-bond acceptors (Lipinski definition) is 8. The van der Waals surface area contributed by atoms with Gasteiger partial charge in [-0.2, -0.15) is 0 Å². The Morgan fingerprint density at radius 3 is 2.03 bits per heavy atom. The number of rotatable bonds is 14. The summed E-state index contributed by atoms with van der Waals surface area (Å²) in [5.74, 6) is 0.274. The lowest BCUT2D eigenvalue weighted by Gasteiger charge is -2.25. The molecule has 9 nitrogen and oxygen atoms in total. The summed E-state index contributed by atoms with van der Waals surface area (Å²) in [6, 6.07) is 5.18. The molecule has 0 bridgehead atoms. The van der Waals surface area contributed by atoms with Crippen LogP contribution in [0.2, 0.25) is 0 Å². The van der Waals surface area contributed by atoms with Crippen LogP contribution in [0.5, 0.6) is 11.5 Å². The molecule has 1 aliphatic heterocycles. The molecular weight excluding hydrogens is 416 g/mol. The van der Waals surface area contributed by atoms with Crippen molar-refractivity contribution in [3.8, 4) is 11.5 Å². The molecule has 0 N–H and O–H groups in total. The highest BCUT2D eigenvalue weighted by atomic mass is 16.5. The standard InChI is InChI=1S/C23H34N2O7/c1-16(2)32-14-11-25-22(26)20(17-7-8-18(30-5)19(15-17)31-6)21(23(25)27)24(9-12-28-3)10-13-29-4/h7-8,15-16H,9-14H2,1-6H3. The minimum absolute atomic E-state index is 0.000427. The van der Waals surface area contributed by atoms with Crippen molar-refractivity contribution < 1.29 is 33.3 Å². The highest BCUT2D eigenvalue weighted by Crippen LogP contribution is 2.36. The van der Waals surface area contributed by atoms with Crippen LogP contribution in [0, 0.1) is 0 Å². The van der Waals surface area contributed by atoms with E-state index in [2.05, 4.69) is 0 Å². The third-order valence-electron chi connectivity index (χ3n) is 5.03. The molecule has 0 aromatic heterocycles. The summed E-state index contributed by atoms with van der Waals surface area (Å²) in [4.78, 5) is 29.9. The molecule has 1 aromatic carbocycles. The minimum Gasteiger partial charge on any atom is -0.493 e. The number of carbonyl (C=O) groups excluding carboxylic acids is 2. The Kier molecular flexibility index (Phi) is 9.96. The van der Waals surface area contributed by atoms with Gasteiger partial charge in [0.25, 0.3) is 11.8 Å². The first kappa shape index (κ1) is 25.6. The van der Waals surface area contributed by atoms with Gasteiger partial charge in [0, 0.05) is 27.3 Å². The Bertz CT molecular complexity index is 815. The molecule has 0 radical (unpaired) electrons. The Balaban J connectivity index is 2.53. The second-order valence-corrected chi connectivity index (χ2v) is 7.45. The van der Waals surface area contributed by atoms with Crippen LogP contribution in [-0.4, -0.2) is 95.6 Å². The third-order valence-corrected chi connectivity index (χ3v) is 5.03. The summed E-state index contributed by atoms with van der Waals surface area (Å²) in [5.41, 5.74) is 1.21. The van der Waals surface area contributed by atoms with Gasteiger partial charge in [-0.3, -0.25) is 14.5 Å². The predicted molar refractivity (Wildman–Crippen MR) is 120 cm³/mol. The maximum atomic E-state index is 13.4. The third kappa shape index (κ3) is 5.99. The average molecular weight is 451 g/mol. The first-order chi connectivity index (χ1) is 15.4. The van der Waals surface area contributed by atoms with Crippen molar-refractivity contribution >= 4 is 17.4 Å². The summed E-state index contributed by atoms with van der Waals surface area (Å²) in [7, 11) is 6.25. The molecule has 1 heterocycles. The maximum Gasteiger partial charge on any atom is 0.277 e. The number of ether oxygens (including phenoxy) is 5. The molecular formula is C23H34N2O7. The van der Waals surface area contributed by atoms with Crippen LogP contribution in [-0.2, 0) is 23.8 Å². The van der Waals surface area contributed by atoms with Gasteiger partial charge in [-0.25, -0.2) is 0 Å². The van der Waals surface area contributed by atoms with Crippen LogP contribution >= 0.6 is 0 Å². The number of hydrogen-bond donors (Lipinski definition) is 0. The van der Waals surface area contributed by atoms with E-state index in [4.69, 9.17) is 23.7 Å². The normalized spacial score (nSPS) is 14.0. The van der Waals surface area contributed by atoms with Gasteiger partial charge >= 0.3 is 0 Å². The van der Waals surface area contributed by atoms with Gasteiger partial charge in [-0.15, -0.1) is 0 Å². The lowest BCUT2D eigenvalue weighted by molar-refractivity contribution is -0.138. The molecule has 178 valence electrons. The SMILES string of the molecule is COCCN(CCOC)C1=C(c2ccc(OC)c(OC)c2)C(=O)N(CCOC(C)C)C1=O. The molecule has 2 amide bonds. The first-order valence-corrected chi connectivity index (χ1v) is 10.6. The van der Waals surface area contributed by atoms with E-state index in [0.717, 1.165) is 0 Å². The average Bonchev–Trinajstić information content (AvgIpc) is 3.03. The molecule has 1 aromatic rings. The molecule has 9 heteroatoms. The summed E-state index contributed by atoms with van der Waals surface area (Å²) in [6.45, 7) is 5.89. The summed E-state index contributed by atoms with van der Waals surface area (Å²) in [6.07, 6.45) is 0.000427. The van der Waals surface area contributed by atoms with Gasteiger partial charge < -0.3 is 28.6 Å². The number of methoxy groups -OCH3 is 4. The van der Waals surface area contributed by atoms with Crippen molar-refractivity contribution in [3.05, 3.63) is 29.5 Å². The topological polar surface area (TPSA) is 86.8 Å². The van der Waals surface area contributed by atoms with Gasteiger partial charge in [0.05, 0.1) is 52.3 Å². The van der Waals surface area contributed by atoms with Crippen molar-refractivity contribution in [1.82, 2.24) is 9.80 Å². The molecule has 0 spiro atoms. The van der Waals surface area contributed by atoms with E-state index in [1.807, 2.05) is 18.7 Å². The highest BCUT2D eigenvalue weighted by Gasteiger charge is 2.41. The van der Waals surface area contributed by atoms with E-state index >= 15 is 0 Å². The van der Waals surface area contributed by atoms with Crippen molar-refractivity contribution in [1.29, 1.82) is 0 Å². The fourth-order valence-electron chi connectivity index (χ4n) is 3.43. The zero-order chi connectivity index (χ0) is 23.7. The smallest absolute Gasteiger partial charge is 0.277 e. The largest absolute Gasteiger partial charge is 0.493 e.